The molecular formula is C12H17N3O3S. The van der Waals surface area contributed by atoms with Crippen LogP contribution in [0.1, 0.15) is 17.1 Å². The Morgan fingerprint density at radius 3 is 3.00 bits per heavy atom. The minimum Gasteiger partial charge on any atom is -0.481 e. The van der Waals surface area contributed by atoms with E-state index in [0.29, 0.717) is 32.5 Å². The van der Waals surface area contributed by atoms with Crippen LogP contribution in [0.15, 0.2) is 5.38 Å². The van der Waals surface area contributed by atoms with Crippen LogP contribution in [0.4, 0.5) is 4.79 Å². The zero-order chi connectivity index (χ0) is 13.8. The lowest BCUT2D eigenvalue weighted by Gasteiger charge is -2.16. The summed E-state index contributed by atoms with van der Waals surface area (Å²) in [5.74, 6) is -1.25. The summed E-state index contributed by atoms with van der Waals surface area (Å²) in [7, 11) is 0. The summed E-state index contributed by atoms with van der Waals surface area (Å²) in [5.41, 5.74) is 0.979. The monoisotopic (exact) mass is 283 g/mol. The van der Waals surface area contributed by atoms with E-state index in [1.54, 1.807) is 16.2 Å². The number of aliphatic carboxylic acids is 1. The molecule has 2 heterocycles. The highest BCUT2D eigenvalue weighted by molar-refractivity contribution is 7.09. The molecule has 1 fully saturated rings. The van der Waals surface area contributed by atoms with Gasteiger partial charge in [0, 0.05) is 31.4 Å². The first kappa shape index (κ1) is 13.8. The van der Waals surface area contributed by atoms with Crippen LogP contribution in [0, 0.1) is 12.8 Å². The predicted molar refractivity (Wildman–Crippen MR) is 71.3 cm³/mol. The van der Waals surface area contributed by atoms with Gasteiger partial charge in [-0.1, -0.05) is 0 Å². The number of amides is 2. The molecule has 1 aliphatic rings. The SMILES string of the molecule is Cc1nc(CCNC(=O)N2CCC(C(=O)O)C2)cs1. The van der Waals surface area contributed by atoms with Crippen molar-refractivity contribution in [1.29, 1.82) is 0 Å². The molecule has 104 valence electrons. The van der Waals surface area contributed by atoms with Crippen molar-refractivity contribution in [1.82, 2.24) is 15.2 Å². The minimum absolute atomic E-state index is 0.185. The highest BCUT2D eigenvalue weighted by Gasteiger charge is 2.30. The molecule has 0 aliphatic carbocycles. The summed E-state index contributed by atoms with van der Waals surface area (Å²) < 4.78 is 0. The highest BCUT2D eigenvalue weighted by atomic mass is 32.1. The van der Waals surface area contributed by atoms with E-state index in [4.69, 9.17) is 5.11 Å². The molecule has 0 spiro atoms. The third kappa shape index (κ3) is 3.66. The third-order valence-electron chi connectivity index (χ3n) is 3.15. The number of carbonyl (C=O) groups excluding carboxylic acids is 1. The zero-order valence-electron chi connectivity index (χ0n) is 10.8. The van der Waals surface area contributed by atoms with Crippen molar-refractivity contribution in [3.05, 3.63) is 16.1 Å². The zero-order valence-corrected chi connectivity index (χ0v) is 11.6. The van der Waals surface area contributed by atoms with E-state index >= 15 is 0 Å². The summed E-state index contributed by atoms with van der Waals surface area (Å²) in [5, 5.41) is 14.7. The molecule has 7 heteroatoms. The van der Waals surface area contributed by atoms with Crippen LogP contribution in [0.5, 0.6) is 0 Å². The molecule has 0 bridgehead atoms. The van der Waals surface area contributed by atoms with Gasteiger partial charge in [-0.15, -0.1) is 11.3 Å². The Morgan fingerprint density at radius 2 is 2.42 bits per heavy atom. The van der Waals surface area contributed by atoms with Gasteiger partial charge >= 0.3 is 12.0 Å². The number of hydrogen-bond donors (Lipinski definition) is 2. The van der Waals surface area contributed by atoms with Gasteiger partial charge in [0.1, 0.15) is 0 Å². The molecule has 1 aliphatic heterocycles. The Labute approximate surface area is 115 Å². The van der Waals surface area contributed by atoms with Gasteiger partial charge in [-0.05, 0) is 13.3 Å². The molecule has 2 rings (SSSR count). The number of carbonyl (C=O) groups is 2. The van der Waals surface area contributed by atoms with Crippen molar-refractivity contribution < 1.29 is 14.7 Å². The van der Waals surface area contributed by atoms with E-state index < -0.39 is 11.9 Å². The maximum absolute atomic E-state index is 11.8. The van der Waals surface area contributed by atoms with E-state index in [1.807, 2.05) is 12.3 Å². The largest absolute Gasteiger partial charge is 0.481 e. The van der Waals surface area contributed by atoms with Gasteiger partial charge in [-0.2, -0.15) is 0 Å². The molecule has 1 unspecified atom stereocenters. The Bertz CT molecular complexity index is 475. The second-order valence-electron chi connectivity index (χ2n) is 4.61. The fraction of sp³-hybridized carbons (Fsp3) is 0.583. The first-order valence-electron chi connectivity index (χ1n) is 6.23. The number of thiazole rings is 1. The van der Waals surface area contributed by atoms with Crippen molar-refractivity contribution in [2.45, 2.75) is 19.8 Å². The summed E-state index contributed by atoms with van der Waals surface area (Å²) >= 11 is 1.59. The number of likely N-dealkylation sites (tertiary alicyclic amines) is 1. The van der Waals surface area contributed by atoms with Gasteiger partial charge < -0.3 is 15.3 Å². The van der Waals surface area contributed by atoms with E-state index in [9.17, 15) is 9.59 Å². The minimum atomic E-state index is -0.826. The molecule has 0 radical (unpaired) electrons. The number of nitrogens with one attached hydrogen (secondary N) is 1. The number of urea groups is 1. The summed E-state index contributed by atoms with van der Waals surface area (Å²) in [4.78, 5) is 28.5. The maximum Gasteiger partial charge on any atom is 0.317 e. The fourth-order valence-corrected chi connectivity index (χ4v) is 2.73. The van der Waals surface area contributed by atoms with Gasteiger partial charge in [0.15, 0.2) is 0 Å². The number of rotatable bonds is 4. The molecule has 0 saturated carbocycles. The topological polar surface area (TPSA) is 82.5 Å². The molecular weight excluding hydrogens is 266 g/mol. The van der Waals surface area contributed by atoms with Crippen LogP contribution in [0.25, 0.3) is 0 Å². The summed E-state index contributed by atoms with van der Waals surface area (Å²) in [6.07, 6.45) is 1.24. The number of hydrogen-bond acceptors (Lipinski definition) is 4. The van der Waals surface area contributed by atoms with Crippen LogP contribution in [-0.2, 0) is 11.2 Å². The van der Waals surface area contributed by atoms with Crippen LogP contribution >= 0.6 is 11.3 Å². The van der Waals surface area contributed by atoms with Crippen molar-refractivity contribution in [3.63, 3.8) is 0 Å². The Morgan fingerprint density at radius 1 is 1.63 bits per heavy atom. The van der Waals surface area contributed by atoms with E-state index in [0.717, 1.165) is 10.7 Å². The molecule has 6 nitrogen and oxygen atoms in total. The van der Waals surface area contributed by atoms with Gasteiger partial charge in [0.05, 0.1) is 16.6 Å². The first-order valence-corrected chi connectivity index (χ1v) is 7.11. The van der Waals surface area contributed by atoms with Gasteiger partial charge in [-0.3, -0.25) is 4.79 Å². The molecule has 2 N–H and O–H groups in total. The lowest BCUT2D eigenvalue weighted by molar-refractivity contribution is -0.141. The van der Waals surface area contributed by atoms with E-state index in [1.165, 1.54) is 0 Å². The Balaban J connectivity index is 1.72. The van der Waals surface area contributed by atoms with E-state index in [-0.39, 0.29) is 6.03 Å². The molecule has 1 atom stereocenters. The van der Waals surface area contributed by atoms with Crippen LogP contribution in [0.2, 0.25) is 0 Å². The molecule has 1 saturated heterocycles. The first-order chi connectivity index (χ1) is 9.06. The smallest absolute Gasteiger partial charge is 0.317 e. The fourth-order valence-electron chi connectivity index (χ4n) is 2.08. The quantitative estimate of drug-likeness (QED) is 0.867. The number of aryl methyl sites for hydroxylation is 1. The predicted octanol–water partition coefficient (Wildman–Crippen LogP) is 1.11. The highest BCUT2D eigenvalue weighted by Crippen LogP contribution is 2.16. The van der Waals surface area contributed by atoms with Crippen molar-refractivity contribution in [2.75, 3.05) is 19.6 Å². The van der Waals surface area contributed by atoms with Crippen LogP contribution < -0.4 is 5.32 Å². The summed E-state index contributed by atoms with van der Waals surface area (Å²) in [6.45, 7) is 3.29. The lowest BCUT2D eigenvalue weighted by atomic mass is 10.1. The molecule has 0 aromatic carbocycles. The summed E-state index contributed by atoms with van der Waals surface area (Å²) in [6, 6.07) is -0.185. The second kappa shape index (κ2) is 6.01. The third-order valence-corrected chi connectivity index (χ3v) is 3.97. The Kier molecular flexibility index (Phi) is 4.36. The van der Waals surface area contributed by atoms with E-state index in [2.05, 4.69) is 10.3 Å². The van der Waals surface area contributed by atoms with Gasteiger partial charge in [0.25, 0.3) is 0 Å². The van der Waals surface area contributed by atoms with Crippen LogP contribution in [-0.4, -0.2) is 46.6 Å². The average molecular weight is 283 g/mol. The van der Waals surface area contributed by atoms with Crippen molar-refractivity contribution >= 4 is 23.3 Å². The number of aromatic nitrogens is 1. The van der Waals surface area contributed by atoms with Gasteiger partial charge in [0.2, 0.25) is 0 Å². The molecule has 2 amide bonds. The number of nitrogens with zero attached hydrogens (tertiary/aromatic N) is 2. The molecule has 19 heavy (non-hydrogen) atoms. The number of carboxylic acid groups (broad SMARTS) is 1. The lowest BCUT2D eigenvalue weighted by Crippen LogP contribution is -2.39. The standard InChI is InChI=1S/C12H17N3O3S/c1-8-14-10(7-19-8)2-4-13-12(18)15-5-3-9(6-15)11(16)17/h7,9H,2-6H2,1H3,(H,13,18)(H,16,17). The van der Waals surface area contributed by atoms with Gasteiger partial charge in [-0.25, -0.2) is 9.78 Å². The number of carboxylic acids is 1. The van der Waals surface area contributed by atoms with Crippen molar-refractivity contribution in [3.8, 4) is 0 Å². The maximum atomic E-state index is 11.8. The van der Waals surface area contributed by atoms with Crippen LogP contribution in [0.3, 0.4) is 0 Å². The average Bonchev–Trinajstić information content (AvgIpc) is 2.98. The molecule has 1 aromatic rings. The Hall–Kier alpha value is -1.63. The van der Waals surface area contributed by atoms with Crippen molar-refractivity contribution in [2.24, 2.45) is 5.92 Å². The molecule has 1 aromatic heterocycles. The second-order valence-corrected chi connectivity index (χ2v) is 5.67. The normalized spacial score (nSPS) is 18.6.